The van der Waals surface area contributed by atoms with E-state index in [4.69, 9.17) is 5.73 Å². The molecular weight excluding hydrogens is 270 g/mol. The van der Waals surface area contributed by atoms with Crippen molar-refractivity contribution < 1.29 is 8.78 Å². The maximum Gasteiger partial charge on any atom is 0.159 e. The molecule has 4 heteroatoms. The van der Waals surface area contributed by atoms with Gasteiger partial charge in [-0.2, -0.15) is 0 Å². The molecule has 1 heterocycles. The highest BCUT2D eigenvalue weighted by atomic mass is 19.2. The molecule has 0 saturated carbocycles. The van der Waals surface area contributed by atoms with Gasteiger partial charge in [-0.15, -0.1) is 0 Å². The van der Waals surface area contributed by atoms with Crippen LogP contribution in [0.3, 0.4) is 0 Å². The maximum absolute atomic E-state index is 13.2. The Morgan fingerprint density at radius 2 is 1.67 bits per heavy atom. The van der Waals surface area contributed by atoms with Gasteiger partial charge < -0.3 is 5.73 Å². The molecule has 0 fully saturated rings. The molecule has 3 rings (SSSR count). The first-order chi connectivity index (χ1) is 10.1. The van der Waals surface area contributed by atoms with E-state index in [9.17, 15) is 8.78 Å². The van der Waals surface area contributed by atoms with Crippen LogP contribution in [0.4, 0.5) is 8.78 Å². The lowest BCUT2D eigenvalue weighted by atomic mass is 10.1. The number of halogens is 2. The summed E-state index contributed by atoms with van der Waals surface area (Å²) in [4.78, 5) is 2.29. The van der Waals surface area contributed by atoms with Crippen molar-refractivity contribution in [3.05, 3.63) is 70.8 Å². The van der Waals surface area contributed by atoms with E-state index < -0.39 is 11.6 Å². The fraction of sp³-hybridized carbons (Fsp3) is 0.294. The summed E-state index contributed by atoms with van der Waals surface area (Å²) in [6.07, 6.45) is 0.546. The predicted octanol–water partition coefficient (Wildman–Crippen LogP) is 2.85. The molecule has 21 heavy (non-hydrogen) atoms. The number of hydrogen-bond acceptors (Lipinski definition) is 2. The first-order valence-corrected chi connectivity index (χ1v) is 7.10. The van der Waals surface area contributed by atoms with Crippen molar-refractivity contribution in [3.8, 4) is 0 Å². The topological polar surface area (TPSA) is 29.3 Å². The summed E-state index contributed by atoms with van der Waals surface area (Å²) in [6, 6.07) is 12.2. The molecule has 0 bridgehead atoms. The van der Waals surface area contributed by atoms with Crippen molar-refractivity contribution in [1.29, 1.82) is 0 Å². The Morgan fingerprint density at radius 1 is 1.00 bits per heavy atom. The summed E-state index contributed by atoms with van der Waals surface area (Å²) in [6.45, 7) is 2.55. The van der Waals surface area contributed by atoms with Gasteiger partial charge in [-0.25, -0.2) is 8.78 Å². The largest absolute Gasteiger partial charge is 0.326 e. The first kappa shape index (κ1) is 14.2. The Balaban J connectivity index is 1.58. The normalized spacial score (nSPS) is 16.0. The van der Waals surface area contributed by atoms with Gasteiger partial charge in [0.2, 0.25) is 0 Å². The van der Waals surface area contributed by atoms with Crippen molar-refractivity contribution in [3.63, 3.8) is 0 Å². The zero-order valence-corrected chi connectivity index (χ0v) is 11.7. The summed E-state index contributed by atoms with van der Waals surface area (Å²) in [5.41, 5.74) is 9.57. The van der Waals surface area contributed by atoms with E-state index in [0.29, 0.717) is 6.42 Å². The van der Waals surface area contributed by atoms with Crippen LogP contribution in [0.25, 0.3) is 0 Å². The lowest BCUT2D eigenvalue weighted by molar-refractivity contribution is 0.264. The molecule has 2 N–H and O–H groups in total. The molecule has 110 valence electrons. The Labute approximate surface area is 123 Å². The van der Waals surface area contributed by atoms with E-state index in [1.807, 2.05) is 12.1 Å². The van der Waals surface area contributed by atoms with Crippen molar-refractivity contribution in [1.82, 2.24) is 4.90 Å². The zero-order chi connectivity index (χ0) is 14.8. The van der Waals surface area contributed by atoms with Gasteiger partial charge in [0, 0.05) is 25.7 Å². The van der Waals surface area contributed by atoms with Crippen LogP contribution in [-0.2, 0) is 19.5 Å². The average Bonchev–Trinajstić information content (AvgIpc) is 2.84. The van der Waals surface area contributed by atoms with Crippen molar-refractivity contribution >= 4 is 0 Å². The summed E-state index contributed by atoms with van der Waals surface area (Å²) >= 11 is 0. The second-order valence-corrected chi connectivity index (χ2v) is 5.65. The second-order valence-electron chi connectivity index (χ2n) is 5.65. The molecule has 1 atom stereocenters. The van der Waals surface area contributed by atoms with Crippen molar-refractivity contribution in [2.75, 3.05) is 6.54 Å². The molecule has 0 radical (unpaired) electrons. The molecule has 2 nitrogen and oxygen atoms in total. The summed E-state index contributed by atoms with van der Waals surface area (Å²) < 4.78 is 26.1. The molecule has 1 aliphatic rings. The van der Waals surface area contributed by atoms with Gasteiger partial charge in [0.1, 0.15) is 0 Å². The highest BCUT2D eigenvalue weighted by Gasteiger charge is 2.20. The van der Waals surface area contributed by atoms with Crippen LogP contribution >= 0.6 is 0 Å². The standard InChI is InChI=1S/C17H18F2N2/c18-16-6-5-12(8-17(16)19)7-15(20)11-21-9-13-3-1-2-4-14(13)10-21/h1-6,8,15H,7,9-11,20H2/t15-/m0/s1. The van der Waals surface area contributed by atoms with Crippen LogP contribution < -0.4 is 5.73 Å². The van der Waals surface area contributed by atoms with Gasteiger partial charge in [-0.3, -0.25) is 4.90 Å². The van der Waals surface area contributed by atoms with Crippen LogP contribution in [0.1, 0.15) is 16.7 Å². The quantitative estimate of drug-likeness (QED) is 0.937. The fourth-order valence-electron chi connectivity index (χ4n) is 2.90. The van der Waals surface area contributed by atoms with E-state index in [0.717, 1.165) is 31.3 Å². The van der Waals surface area contributed by atoms with E-state index in [1.165, 1.54) is 17.2 Å². The highest BCUT2D eigenvalue weighted by Crippen LogP contribution is 2.22. The first-order valence-electron chi connectivity index (χ1n) is 7.10. The lowest BCUT2D eigenvalue weighted by Gasteiger charge is -2.20. The Kier molecular flexibility index (Phi) is 3.99. The minimum Gasteiger partial charge on any atom is -0.326 e. The van der Waals surface area contributed by atoms with Gasteiger partial charge in [-0.05, 0) is 35.2 Å². The summed E-state index contributed by atoms with van der Waals surface area (Å²) in [7, 11) is 0. The van der Waals surface area contributed by atoms with Crippen LogP contribution in [0.5, 0.6) is 0 Å². The molecule has 0 spiro atoms. The average molecular weight is 288 g/mol. The molecule has 2 aromatic carbocycles. The number of benzene rings is 2. The number of rotatable bonds is 4. The Hall–Kier alpha value is -1.78. The molecule has 0 amide bonds. The molecule has 0 aromatic heterocycles. The molecule has 2 aromatic rings. The molecule has 0 aliphatic carbocycles. The highest BCUT2D eigenvalue weighted by molar-refractivity contribution is 5.30. The molecule has 0 unspecified atom stereocenters. The number of fused-ring (bicyclic) bond motifs is 1. The van der Waals surface area contributed by atoms with Crippen molar-refractivity contribution in [2.45, 2.75) is 25.6 Å². The smallest absolute Gasteiger partial charge is 0.159 e. The van der Waals surface area contributed by atoms with E-state index in [-0.39, 0.29) is 6.04 Å². The van der Waals surface area contributed by atoms with Crippen LogP contribution in [0.2, 0.25) is 0 Å². The minimum atomic E-state index is -0.817. The number of hydrogen-bond donors (Lipinski definition) is 1. The Morgan fingerprint density at radius 3 is 2.29 bits per heavy atom. The van der Waals surface area contributed by atoms with Crippen LogP contribution in [-0.4, -0.2) is 17.5 Å². The second kappa shape index (κ2) is 5.92. The third-order valence-electron chi connectivity index (χ3n) is 3.88. The van der Waals surface area contributed by atoms with Crippen molar-refractivity contribution in [2.24, 2.45) is 5.73 Å². The van der Waals surface area contributed by atoms with Gasteiger partial charge in [-0.1, -0.05) is 30.3 Å². The van der Waals surface area contributed by atoms with E-state index >= 15 is 0 Å². The monoisotopic (exact) mass is 288 g/mol. The fourth-order valence-corrected chi connectivity index (χ4v) is 2.90. The zero-order valence-electron chi connectivity index (χ0n) is 11.7. The van der Waals surface area contributed by atoms with E-state index in [2.05, 4.69) is 17.0 Å². The van der Waals surface area contributed by atoms with Gasteiger partial charge in [0.05, 0.1) is 0 Å². The third kappa shape index (κ3) is 3.28. The minimum absolute atomic E-state index is 0.0934. The van der Waals surface area contributed by atoms with Gasteiger partial charge in [0.25, 0.3) is 0 Å². The SMILES string of the molecule is N[C@@H](Cc1ccc(F)c(F)c1)CN1Cc2ccccc2C1. The summed E-state index contributed by atoms with van der Waals surface area (Å²) in [5.74, 6) is -1.63. The Bertz CT molecular complexity index is 617. The van der Waals surface area contributed by atoms with Crippen LogP contribution in [0.15, 0.2) is 42.5 Å². The lowest BCUT2D eigenvalue weighted by Crippen LogP contribution is -2.36. The number of nitrogens with zero attached hydrogens (tertiary/aromatic N) is 1. The van der Waals surface area contributed by atoms with E-state index in [1.54, 1.807) is 6.07 Å². The molecular formula is C17H18F2N2. The predicted molar refractivity (Wildman–Crippen MR) is 78.6 cm³/mol. The molecule has 0 saturated heterocycles. The summed E-state index contributed by atoms with van der Waals surface area (Å²) in [5, 5.41) is 0. The maximum atomic E-state index is 13.2. The number of nitrogens with two attached hydrogens (primary N) is 1. The van der Waals surface area contributed by atoms with Gasteiger partial charge >= 0.3 is 0 Å². The van der Waals surface area contributed by atoms with Crippen LogP contribution in [0, 0.1) is 11.6 Å². The molecule has 1 aliphatic heterocycles. The third-order valence-corrected chi connectivity index (χ3v) is 3.88. The van der Waals surface area contributed by atoms with Gasteiger partial charge in [0.15, 0.2) is 11.6 Å².